The van der Waals surface area contributed by atoms with E-state index in [9.17, 15) is 9.59 Å². The van der Waals surface area contributed by atoms with Crippen molar-refractivity contribution in [2.45, 2.75) is 25.8 Å². The maximum Gasteiger partial charge on any atom is 0.305 e. The van der Waals surface area contributed by atoms with Crippen molar-refractivity contribution in [3.8, 4) is 0 Å². The molecule has 0 spiro atoms. The molecule has 3 N–H and O–H groups in total. The highest BCUT2D eigenvalue weighted by molar-refractivity contribution is 5.86. The van der Waals surface area contributed by atoms with Crippen molar-refractivity contribution in [1.82, 2.24) is 10.9 Å². The lowest BCUT2D eigenvalue weighted by Gasteiger charge is -2.23. The Morgan fingerprint density at radius 3 is 2.46 bits per heavy atom. The zero-order valence-electron chi connectivity index (χ0n) is 7.76. The van der Waals surface area contributed by atoms with E-state index >= 15 is 0 Å². The molecule has 5 heteroatoms. The van der Waals surface area contributed by atoms with Gasteiger partial charge >= 0.3 is 5.97 Å². The molecule has 0 aliphatic rings. The summed E-state index contributed by atoms with van der Waals surface area (Å²) in [5, 5.41) is 8.50. The molecule has 5 nitrogen and oxygen atoms in total. The van der Waals surface area contributed by atoms with Crippen molar-refractivity contribution in [3.05, 3.63) is 12.7 Å². The summed E-state index contributed by atoms with van der Waals surface area (Å²) in [6, 6.07) is 0. The van der Waals surface area contributed by atoms with Crippen molar-refractivity contribution in [2.24, 2.45) is 0 Å². The first-order chi connectivity index (χ1) is 5.87. The van der Waals surface area contributed by atoms with Gasteiger partial charge in [-0.1, -0.05) is 6.58 Å². The fourth-order valence-electron chi connectivity index (χ4n) is 0.704. The predicted molar refractivity (Wildman–Crippen MR) is 47.8 cm³/mol. The lowest BCUT2D eigenvalue weighted by Crippen LogP contribution is -2.51. The standard InChI is InChI=1S/C8H14N2O3/c1-4-6(11)9-10-8(2,3)5-7(12)13/h4,10H,1,5H2,2-3H3,(H,9,11)(H,12,13). The SMILES string of the molecule is C=CC(=O)NNC(C)(C)CC(=O)O. The number of hydrazine groups is 1. The average Bonchev–Trinajstić information content (AvgIpc) is 1.98. The van der Waals surface area contributed by atoms with Crippen LogP contribution in [-0.4, -0.2) is 22.5 Å². The molecular formula is C8H14N2O3. The summed E-state index contributed by atoms with van der Waals surface area (Å²) in [6.45, 7) is 6.60. The molecule has 0 aromatic rings. The van der Waals surface area contributed by atoms with Crippen LogP contribution >= 0.6 is 0 Å². The maximum atomic E-state index is 10.7. The number of nitrogens with one attached hydrogen (secondary N) is 2. The Labute approximate surface area is 76.8 Å². The molecule has 0 fully saturated rings. The van der Waals surface area contributed by atoms with Crippen molar-refractivity contribution in [2.75, 3.05) is 0 Å². The number of hydrogen-bond acceptors (Lipinski definition) is 3. The summed E-state index contributed by atoms with van der Waals surface area (Å²) < 4.78 is 0. The second-order valence-corrected chi connectivity index (χ2v) is 3.27. The fraction of sp³-hybridized carbons (Fsp3) is 0.500. The predicted octanol–water partition coefficient (Wildman–Crippen LogP) is 0.0465. The zero-order chi connectivity index (χ0) is 10.5. The van der Waals surface area contributed by atoms with Crippen LogP contribution in [0.5, 0.6) is 0 Å². The average molecular weight is 186 g/mol. The molecule has 1 amide bonds. The van der Waals surface area contributed by atoms with Crippen LogP contribution in [-0.2, 0) is 9.59 Å². The molecule has 0 rings (SSSR count). The van der Waals surface area contributed by atoms with Gasteiger partial charge in [0.2, 0.25) is 0 Å². The lowest BCUT2D eigenvalue weighted by atomic mass is 10.0. The fourth-order valence-corrected chi connectivity index (χ4v) is 0.704. The number of hydrogen-bond donors (Lipinski definition) is 3. The molecule has 0 bridgehead atoms. The number of aliphatic carboxylic acids is 1. The third kappa shape index (κ3) is 5.86. The van der Waals surface area contributed by atoms with E-state index in [4.69, 9.17) is 5.11 Å². The van der Waals surface area contributed by atoms with E-state index in [-0.39, 0.29) is 6.42 Å². The molecule has 74 valence electrons. The van der Waals surface area contributed by atoms with E-state index in [0.717, 1.165) is 6.08 Å². The van der Waals surface area contributed by atoms with Crippen molar-refractivity contribution in [3.63, 3.8) is 0 Å². The largest absolute Gasteiger partial charge is 0.481 e. The zero-order valence-corrected chi connectivity index (χ0v) is 7.76. The second-order valence-electron chi connectivity index (χ2n) is 3.27. The monoisotopic (exact) mass is 186 g/mol. The van der Waals surface area contributed by atoms with Crippen LogP contribution in [0.1, 0.15) is 20.3 Å². The molecule has 0 saturated carbocycles. The topological polar surface area (TPSA) is 78.4 Å². The first-order valence-corrected chi connectivity index (χ1v) is 3.79. The lowest BCUT2D eigenvalue weighted by molar-refractivity contribution is -0.138. The van der Waals surface area contributed by atoms with E-state index in [1.54, 1.807) is 13.8 Å². The van der Waals surface area contributed by atoms with E-state index < -0.39 is 17.4 Å². The van der Waals surface area contributed by atoms with Gasteiger partial charge in [-0.05, 0) is 19.9 Å². The molecule has 0 unspecified atom stereocenters. The van der Waals surface area contributed by atoms with Gasteiger partial charge in [0.25, 0.3) is 5.91 Å². The van der Waals surface area contributed by atoms with Gasteiger partial charge in [-0.25, -0.2) is 5.43 Å². The number of rotatable bonds is 5. The molecular weight excluding hydrogens is 172 g/mol. The summed E-state index contributed by atoms with van der Waals surface area (Å²) in [4.78, 5) is 21.1. The number of carboxylic acid groups (broad SMARTS) is 1. The Hall–Kier alpha value is -1.36. The van der Waals surface area contributed by atoms with Crippen LogP contribution in [0, 0.1) is 0 Å². The number of carbonyl (C=O) groups excluding carboxylic acids is 1. The van der Waals surface area contributed by atoms with Gasteiger partial charge in [-0.2, -0.15) is 0 Å². The summed E-state index contributed by atoms with van der Waals surface area (Å²) in [5.74, 6) is -1.32. The minimum Gasteiger partial charge on any atom is -0.481 e. The normalized spacial score (nSPS) is 10.6. The van der Waals surface area contributed by atoms with Crippen LogP contribution in [0.25, 0.3) is 0 Å². The molecule has 0 saturated heterocycles. The van der Waals surface area contributed by atoms with Crippen LogP contribution < -0.4 is 10.9 Å². The van der Waals surface area contributed by atoms with Gasteiger partial charge in [0.05, 0.1) is 6.42 Å². The third-order valence-corrected chi connectivity index (χ3v) is 1.30. The Morgan fingerprint density at radius 2 is 2.08 bits per heavy atom. The van der Waals surface area contributed by atoms with Gasteiger partial charge in [0.1, 0.15) is 0 Å². The molecule has 0 aromatic heterocycles. The number of amides is 1. The minimum absolute atomic E-state index is 0.0789. The number of carboxylic acids is 1. The van der Waals surface area contributed by atoms with E-state index in [1.165, 1.54) is 0 Å². The van der Waals surface area contributed by atoms with Crippen molar-refractivity contribution in [1.29, 1.82) is 0 Å². The Balaban J connectivity index is 3.95. The molecule has 0 radical (unpaired) electrons. The smallest absolute Gasteiger partial charge is 0.305 e. The minimum atomic E-state index is -0.926. The van der Waals surface area contributed by atoms with Crippen LogP contribution in [0.15, 0.2) is 12.7 Å². The first-order valence-electron chi connectivity index (χ1n) is 3.79. The molecule has 0 aliphatic heterocycles. The molecule has 13 heavy (non-hydrogen) atoms. The Bertz CT molecular complexity index is 223. The quantitative estimate of drug-likeness (QED) is 0.418. The molecule has 0 atom stereocenters. The van der Waals surface area contributed by atoms with Gasteiger partial charge in [-0.15, -0.1) is 0 Å². The molecule has 0 aromatic carbocycles. The van der Waals surface area contributed by atoms with Gasteiger partial charge < -0.3 is 5.11 Å². The van der Waals surface area contributed by atoms with Crippen LogP contribution in [0.2, 0.25) is 0 Å². The first kappa shape index (κ1) is 11.6. The van der Waals surface area contributed by atoms with Crippen LogP contribution in [0.4, 0.5) is 0 Å². The highest BCUT2D eigenvalue weighted by Gasteiger charge is 2.21. The van der Waals surface area contributed by atoms with Gasteiger partial charge in [-0.3, -0.25) is 15.0 Å². The molecule has 0 aliphatic carbocycles. The highest BCUT2D eigenvalue weighted by Crippen LogP contribution is 2.05. The molecule has 0 heterocycles. The van der Waals surface area contributed by atoms with E-state index in [0.29, 0.717) is 0 Å². The summed E-state index contributed by atoms with van der Waals surface area (Å²) in [5.41, 5.74) is 4.22. The summed E-state index contributed by atoms with van der Waals surface area (Å²) in [7, 11) is 0. The van der Waals surface area contributed by atoms with Gasteiger partial charge in [0, 0.05) is 5.54 Å². The van der Waals surface area contributed by atoms with Crippen molar-refractivity contribution >= 4 is 11.9 Å². The van der Waals surface area contributed by atoms with Gasteiger partial charge in [0.15, 0.2) is 0 Å². The van der Waals surface area contributed by atoms with E-state index in [1.807, 2.05) is 0 Å². The highest BCUT2D eigenvalue weighted by atomic mass is 16.4. The Morgan fingerprint density at radius 1 is 1.54 bits per heavy atom. The van der Waals surface area contributed by atoms with Crippen LogP contribution in [0.3, 0.4) is 0 Å². The third-order valence-electron chi connectivity index (χ3n) is 1.30. The summed E-state index contributed by atoms with van der Waals surface area (Å²) >= 11 is 0. The van der Waals surface area contributed by atoms with Crippen molar-refractivity contribution < 1.29 is 14.7 Å². The maximum absolute atomic E-state index is 10.7. The Kier molecular flexibility index (Phi) is 4.13. The second kappa shape index (κ2) is 4.61. The number of carbonyl (C=O) groups is 2. The van der Waals surface area contributed by atoms with E-state index in [2.05, 4.69) is 17.4 Å². The summed E-state index contributed by atoms with van der Waals surface area (Å²) in [6.07, 6.45) is 1.02.